The summed E-state index contributed by atoms with van der Waals surface area (Å²) in [7, 11) is 1.62. The van der Waals surface area contributed by atoms with E-state index in [1.165, 1.54) is 0 Å². The lowest BCUT2D eigenvalue weighted by molar-refractivity contribution is 0.144. The minimum Gasteiger partial charge on any atom is -0.475 e. The molecule has 1 heterocycles. The molecule has 6 nitrogen and oxygen atoms in total. The van der Waals surface area contributed by atoms with Crippen LogP contribution in [0, 0.1) is 0 Å². The molecule has 1 aromatic heterocycles. The second-order valence-corrected chi connectivity index (χ2v) is 6.03. The zero-order valence-electron chi connectivity index (χ0n) is 15.6. The van der Waals surface area contributed by atoms with E-state index in [4.69, 9.17) is 9.47 Å². The molecule has 0 bridgehead atoms. The predicted molar refractivity (Wildman–Crippen MR) is 102 cm³/mol. The van der Waals surface area contributed by atoms with Crippen molar-refractivity contribution in [3.05, 3.63) is 54.2 Å². The number of carbonyl (C=O) groups excluding carboxylic acids is 1. The number of hydrogen-bond donors (Lipinski definition) is 1. The van der Waals surface area contributed by atoms with Gasteiger partial charge in [-0.15, -0.1) is 0 Å². The van der Waals surface area contributed by atoms with Crippen molar-refractivity contribution in [1.29, 1.82) is 0 Å². The van der Waals surface area contributed by atoms with Crippen molar-refractivity contribution in [1.82, 2.24) is 9.88 Å². The molecule has 0 aliphatic carbocycles. The molecular formula is C20H27N3O3. The van der Waals surface area contributed by atoms with Gasteiger partial charge in [-0.05, 0) is 25.0 Å². The monoisotopic (exact) mass is 357 g/mol. The van der Waals surface area contributed by atoms with E-state index in [0.29, 0.717) is 31.3 Å². The Morgan fingerprint density at radius 2 is 1.96 bits per heavy atom. The van der Waals surface area contributed by atoms with Gasteiger partial charge in [0.25, 0.3) is 0 Å². The number of ether oxygens (including phenoxy) is 2. The molecule has 0 fully saturated rings. The molecule has 2 aromatic rings. The molecule has 0 saturated carbocycles. The highest BCUT2D eigenvalue weighted by Gasteiger charge is 2.19. The number of nitrogens with zero attached hydrogens (tertiary/aromatic N) is 2. The maximum atomic E-state index is 12.8. The van der Waals surface area contributed by atoms with Crippen LogP contribution in [0.15, 0.2) is 48.7 Å². The standard InChI is InChI=1S/C20H27N3O3/c1-4-16(2)23(15-17-8-6-5-7-9-17)20(24)22-18-10-11-19(21-14-18)26-13-12-25-3/h5-11,14,16H,4,12-13,15H2,1-3H3,(H,22,24). The third-order valence-electron chi connectivity index (χ3n) is 4.10. The summed E-state index contributed by atoms with van der Waals surface area (Å²) in [6, 6.07) is 13.5. The highest BCUT2D eigenvalue weighted by molar-refractivity contribution is 5.89. The molecule has 0 aliphatic rings. The van der Waals surface area contributed by atoms with Gasteiger partial charge in [-0.2, -0.15) is 0 Å². The maximum Gasteiger partial charge on any atom is 0.322 e. The fourth-order valence-corrected chi connectivity index (χ4v) is 2.39. The van der Waals surface area contributed by atoms with Crippen LogP contribution in [0.3, 0.4) is 0 Å². The van der Waals surface area contributed by atoms with Gasteiger partial charge in [0.1, 0.15) is 6.61 Å². The van der Waals surface area contributed by atoms with Gasteiger partial charge in [-0.3, -0.25) is 0 Å². The smallest absolute Gasteiger partial charge is 0.322 e. The average Bonchev–Trinajstić information content (AvgIpc) is 2.68. The van der Waals surface area contributed by atoms with Crippen LogP contribution in [0.2, 0.25) is 0 Å². The van der Waals surface area contributed by atoms with Gasteiger partial charge < -0.3 is 19.7 Å². The molecule has 1 unspecified atom stereocenters. The molecule has 0 spiro atoms. The third kappa shape index (κ3) is 6.04. The van der Waals surface area contributed by atoms with E-state index in [2.05, 4.69) is 17.2 Å². The van der Waals surface area contributed by atoms with E-state index in [1.807, 2.05) is 42.2 Å². The fourth-order valence-electron chi connectivity index (χ4n) is 2.39. The van der Waals surface area contributed by atoms with Gasteiger partial charge >= 0.3 is 6.03 Å². The summed E-state index contributed by atoms with van der Waals surface area (Å²) in [6.45, 7) is 5.63. The Labute approximate surface area is 155 Å². The van der Waals surface area contributed by atoms with Crippen LogP contribution < -0.4 is 10.1 Å². The maximum absolute atomic E-state index is 12.8. The minimum absolute atomic E-state index is 0.125. The SMILES string of the molecule is CCC(C)N(Cc1ccccc1)C(=O)Nc1ccc(OCCOC)nc1. The third-order valence-corrected chi connectivity index (χ3v) is 4.10. The van der Waals surface area contributed by atoms with E-state index < -0.39 is 0 Å². The number of benzene rings is 1. The molecule has 26 heavy (non-hydrogen) atoms. The normalized spacial score (nSPS) is 11.7. The lowest BCUT2D eigenvalue weighted by Gasteiger charge is -2.29. The topological polar surface area (TPSA) is 63.7 Å². The van der Waals surface area contributed by atoms with E-state index >= 15 is 0 Å². The Morgan fingerprint density at radius 1 is 1.19 bits per heavy atom. The number of anilines is 1. The van der Waals surface area contributed by atoms with Crippen molar-refractivity contribution in [3.63, 3.8) is 0 Å². The number of amides is 2. The first-order valence-corrected chi connectivity index (χ1v) is 8.83. The predicted octanol–water partition coefficient (Wildman–Crippen LogP) is 3.94. The number of nitrogens with one attached hydrogen (secondary N) is 1. The summed E-state index contributed by atoms with van der Waals surface area (Å²) in [4.78, 5) is 18.8. The largest absolute Gasteiger partial charge is 0.475 e. The van der Waals surface area contributed by atoms with Gasteiger partial charge in [0, 0.05) is 25.8 Å². The van der Waals surface area contributed by atoms with Crippen molar-refractivity contribution in [2.75, 3.05) is 25.6 Å². The van der Waals surface area contributed by atoms with Crippen LogP contribution in [0.4, 0.5) is 10.5 Å². The van der Waals surface area contributed by atoms with Crippen molar-refractivity contribution in [2.45, 2.75) is 32.9 Å². The lowest BCUT2D eigenvalue weighted by Crippen LogP contribution is -2.40. The van der Waals surface area contributed by atoms with Gasteiger partial charge in [-0.25, -0.2) is 9.78 Å². The molecule has 6 heteroatoms. The zero-order chi connectivity index (χ0) is 18.8. The number of pyridine rings is 1. The molecule has 0 radical (unpaired) electrons. The summed E-state index contributed by atoms with van der Waals surface area (Å²) in [5.74, 6) is 0.503. The van der Waals surface area contributed by atoms with Crippen LogP contribution in [-0.4, -0.2) is 42.3 Å². The molecular weight excluding hydrogens is 330 g/mol. The molecule has 140 valence electrons. The Kier molecular flexibility index (Phi) is 7.89. The highest BCUT2D eigenvalue weighted by Crippen LogP contribution is 2.16. The van der Waals surface area contributed by atoms with Crippen LogP contribution in [0.25, 0.3) is 0 Å². The van der Waals surface area contributed by atoms with E-state index in [1.54, 1.807) is 25.4 Å². The Bertz CT molecular complexity index is 662. The molecule has 0 saturated heterocycles. The Morgan fingerprint density at radius 3 is 2.58 bits per heavy atom. The van der Waals surface area contributed by atoms with E-state index in [-0.39, 0.29) is 12.1 Å². The second-order valence-electron chi connectivity index (χ2n) is 6.03. The van der Waals surface area contributed by atoms with Crippen LogP contribution in [0.1, 0.15) is 25.8 Å². The summed E-state index contributed by atoms with van der Waals surface area (Å²) < 4.78 is 10.4. The minimum atomic E-state index is -0.141. The number of hydrogen-bond acceptors (Lipinski definition) is 4. The first-order chi connectivity index (χ1) is 12.6. The van der Waals surface area contributed by atoms with Gasteiger partial charge in [0.2, 0.25) is 5.88 Å². The lowest BCUT2D eigenvalue weighted by atomic mass is 10.1. The van der Waals surface area contributed by atoms with Gasteiger partial charge in [0.05, 0.1) is 18.5 Å². The number of carbonyl (C=O) groups is 1. The molecule has 0 aliphatic heterocycles. The first kappa shape index (κ1) is 19.7. The Hall–Kier alpha value is -2.60. The van der Waals surface area contributed by atoms with Crippen LogP contribution in [0.5, 0.6) is 5.88 Å². The summed E-state index contributed by atoms with van der Waals surface area (Å²) in [5, 5.41) is 2.92. The van der Waals surface area contributed by atoms with Crippen molar-refractivity contribution in [3.8, 4) is 5.88 Å². The number of urea groups is 1. The second kappa shape index (κ2) is 10.4. The molecule has 1 atom stereocenters. The van der Waals surface area contributed by atoms with Crippen molar-refractivity contribution < 1.29 is 14.3 Å². The van der Waals surface area contributed by atoms with Gasteiger partial charge in [0.15, 0.2) is 0 Å². The van der Waals surface area contributed by atoms with Crippen molar-refractivity contribution in [2.24, 2.45) is 0 Å². The quantitative estimate of drug-likeness (QED) is 0.691. The van der Waals surface area contributed by atoms with E-state index in [0.717, 1.165) is 12.0 Å². The fraction of sp³-hybridized carbons (Fsp3) is 0.400. The highest BCUT2D eigenvalue weighted by atomic mass is 16.5. The van der Waals surface area contributed by atoms with Crippen LogP contribution in [-0.2, 0) is 11.3 Å². The first-order valence-electron chi connectivity index (χ1n) is 8.83. The summed E-state index contributed by atoms with van der Waals surface area (Å²) in [6.07, 6.45) is 2.47. The summed E-state index contributed by atoms with van der Waals surface area (Å²) in [5.41, 5.74) is 1.73. The van der Waals surface area contributed by atoms with E-state index in [9.17, 15) is 4.79 Å². The molecule has 2 rings (SSSR count). The van der Waals surface area contributed by atoms with Gasteiger partial charge in [-0.1, -0.05) is 37.3 Å². The van der Waals surface area contributed by atoms with Crippen molar-refractivity contribution >= 4 is 11.7 Å². The summed E-state index contributed by atoms with van der Waals surface area (Å²) >= 11 is 0. The number of methoxy groups -OCH3 is 1. The molecule has 1 aromatic carbocycles. The number of rotatable bonds is 9. The molecule has 1 N–H and O–H groups in total. The Balaban J connectivity index is 1.99. The zero-order valence-corrected chi connectivity index (χ0v) is 15.6. The molecule has 2 amide bonds. The average molecular weight is 357 g/mol. The number of aromatic nitrogens is 1. The van der Waals surface area contributed by atoms with Crippen LogP contribution >= 0.6 is 0 Å².